The predicted molar refractivity (Wildman–Crippen MR) is 250 cm³/mol. The Balaban J connectivity index is 0.876. The summed E-state index contributed by atoms with van der Waals surface area (Å²) in [5.41, 5.74) is 6.31. The van der Waals surface area contributed by atoms with Gasteiger partial charge >= 0.3 is 0 Å². The van der Waals surface area contributed by atoms with E-state index in [4.69, 9.17) is 9.72 Å². The fraction of sp³-hybridized carbons (Fsp3) is 0.435. The Hall–Kier alpha value is -5.02. The van der Waals surface area contributed by atoms with Crippen LogP contribution in [-0.4, -0.2) is 113 Å². The van der Waals surface area contributed by atoms with Gasteiger partial charge in [0.1, 0.15) is 30.0 Å². The minimum Gasteiger partial charge on any atom is -0.494 e. The molecule has 3 N–H and O–H groups in total. The van der Waals surface area contributed by atoms with E-state index < -0.39 is 19.0 Å². The van der Waals surface area contributed by atoms with Crippen molar-refractivity contribution in [3.8, 4) is 5.75 Å². The minimum absolute atomic E-state index is 0.229. The Morgan fingerprint density at radius 3 is 2.48 bits per heavy atom. The highest BCUT2D eigenvalue weighted by atomic mass is 79.9. The van der Waals surface area contributed by atoms with Gasteiger partial charge in [-0.1, -0.05) is 19.1 Å². The maximum atomic E-state index is 15.2. The number of amides is 2. The first-order chi connectivity index (χ1) is 30.3. The van der Waals surface area contributed by atoms with E-state index in [1.165, 1.54) is 11.3 Å². The van der Waals surface area contributed by atoms with Crippen LogP contribution in [0.1, 0.15) is 62.1 Å². The Morgan fingerprint density at radius 2 is 1.76 bits per heavy atom. The minimum atomic E-state index is -2.78. The van der Waals surface area contributed by atoms with Crippen molar-refractivity contribution in [1.29, 1.82) is 0 Å². The van der Waals surface area contributed by atoms with Crippen molar-refractivity contribution in [1.82, 2.24) is 35.1 Å². The third-order valence-corrected chi connectivity index (χ3v) is 14.8. The highest BCUT2D eigenvalue weighted by Gasteiger charge is 2.33. The van der Waals surface area contributed by atoms with Gasteiger partial charge in [-0.3, -0.25) is 34.7 Å². The molecule has 2 unspecified atom stereocenters. The number of nitrogens with zero attached hydrogens (tertiary/aromatic N) is 7. The molecule has 3 fully saturated rings. The number of methoxy groups -OCH3 is 1. The smallest absolute Gasteiger partial charge is 0.234 e. The third-order valence-electron chi connectivity index (χ3n) is 12.7. The van der Waals surface area contributed by atoms with Gasteiger partial charge in [0.15, 0.2) is 0 Å². The molecule has 5 heterocycles. The quantitative estimate of drug-likeness (QED) is 0.0796. The Morgan fingerprint density at radius 1 is 0.968 bits per heavy atom. The number of fused-ring (bicyclic) bond motifs is 1. The number of nitrogens with one attached hydrogen (secondary N) is 3. The highest BCUT2D eigenvalue weighted by Crippen LogP contribution is 2.42. The van der Waals surface area contributed by atoms with E-state index >= 15 is 4.39 Å². The molecule has 5 aromatic rings. The zero-order valence-electron chi connectivity index (χ0n) is 36.5. The molecule has 3 aliphatic heterocycles. The fourth-order valence-electron chi connectivity index (χ4n) is 9.32. The maximum absolute atomic E-state index is 15.2. The maximum Gasteiger partial charge on any atom is 0.234 e. The van der Waals surface area contributed by atoms with Gasteiger partial charge in [-0.05, 0) is 104 Å². The lowest BCUT2D eigenvalue weighted by molar-refractivity contribution is -0.134. The molecular weight excluding hydrogens is 886 g/mol. The lowest BCUT2D eigenvalue weighted by Crippen LogP contribution is -2.57. The SMILES string of the molecule is CCc1cc(Nc2ncc(Br)c(Nc3ccc4nccnc4c3P(C)(C)=O)n2)c(OC)cc1N1CCC(N2CCN(CCc3ccc(C4CCC(=O)NC4=O)c(F)c3)C(C)C2)CC1. The molecule has 63 heavy (non-hydrogen) atoms. The Labute approximate surface area is 376 Å². The molecule has 14 nitrogen and oxygen atoms in total. The lowest BCUT2D eigenvalue weighted by Gasteiger charge is -2.46. The van der Waals surface area contributed by atoms with E-state index in [-0.39, 0.29) is 18.1 Å². The summed E-state index contributed by atoms with van der Waals surface area (Å²) in [7, 11) is -1.10. The fourth-order valence-corrected chi connectivity index (χ4v) is 11.0. The average Bonchev–Trinajstić information content (AvgIpc) is 3.26. The summed E-state index contributed by atoms with van der Waals surface area (Å²) in [6.45, 7) is 13.6. The number of hydrogen-bond acceptors (Lipinski definition) is 13. The summed E-state index contributed by atoms with van der Waals surface area (Å²) in [5, 5.41) is 9.72. The van der Waals surface area contributed by atoms with Crippen LogP contribution in [0.5, 0.6) is 5.75 Å². The lowest BCUT2D eigenvalue weighted by atomic mass is 9.89. The molecule has 0 radical (unpaired) electrons. The number of hydrogen-bond donors (Lipinski definition) is 3. The van der Waals surface area contributed by atoms with Crippen molar-refractivity contribution in [3.05, 3.63) is 88.0 Å². The van der Waals surface area contributed by atoms with Gasteiger partial charge in [0, 0.05) is 93.7 Å². The summed E-state index contributed by atoms with van der Waals surface area (Å²) >= 11 is 3.59. The number of carbonyl (C=O) groups excluding carboxylic acids is 2. The first-order valence-electron chi connectivity index (χ1n) is 21.7. The van der Waals surface area contributed by atoms with Crippen LogP contribution in [0.4, 0.5) is 33.2 Å². The van der Waals surface area contributed by atoms with Gasteiger partial charge in [0.25, 0.3) is 0 Å². The van der Waals surface area contributed by atoms with Gasteiger partial charge in [-0.15, -0.1) is 0 Å². The Bertz CT molecular complexity index is 2570. The number of rotatable bonds is 13. The van der Waals surface area contributed by atoms with E-state index in [0.29, 0.717) is 68.1 Å². The van der Waals surface area contributed by atoms with Crippen LogP contribution in [0.15, 0.2) is 65.5 Å². The van der Waals surface area contributed by atoms with E-state index in [0.717, 1.165) is 76.2 Å². The second-order valence-electron chi connectivity index (χ2n) is 17.1. The van der Waals surface area contributed by atoms with Crippen molar-refractivity contribution in [2.45, 2.75) is 70.4 Å². The number of imide groups is 1. The van der Waals surface area contributed by atoms with Crippen LogP contribution < -0.4 is 30.9 Å². The van der Waals surface area contributed by atoms with Gasteiger partial charge < -0.3 is 24.8 Å². The molecule has 0 saturated carbocycles. The third kappa shape index (κ3) is 9.89. The van der Waals surface area contributed by atoms with Gasteiger partial charge in [0.05, 0.1) is 39.7 Å². The largest absolute Gasteiger partial charge is 0.494 e. The Kier molecular flexibility index (Phi) is 13.4. The summed E-state index contributed by atoms with van der Waals surface area (Å²) in [6, 6.07) is 14.0. The number of piperazine rings is 1. The molecular formula is C46H55BrFN10O4P. The van der Waals surface area contributed by atoms with E-state index in [2.05, 4.69) is 87.5 Å². The van der Waals surface area contributed by atoms with Crippen molar-refractivity contribution < 1.29 is 23.3 Å². The van der Waals surface area contributed by atoms with Gasteiger partial charge in [-0.25, -0.2) is 9.37 Å². The van der Waals surface area contributed by atoms with E-state index in [9.17, 15) is 14.2 Å². The van der Waals surface area contributed by atoms with Crippen LogP contribution in [0.3, 0.4) is 0 Å². The van der Waals surface area contributed by atoms with E-state index in [1.807, 2.05) is 18.2 Å². The average molecular weight is 942 g/mol. The number of aromatic nitrogens is 4. The number of aryl methyl sites for hydroxylation is 1. The molecule has 3 aromatic carbocycles. The number of benzene rings is 3. The molecule has 3 saturated heterocycles. The zero-order valence-corrected chi connectivity index (χ0v) is 38.9. The van der Waals surface area contributed by atoms with Crippen molar-refractivity contribution >= 4 is 80.1 Å². The van der Waals surface area contributed by atoms with Gasteiger partial charge in [0.2, 0.25) is 17.8 Å². The molecule has 0 bridgehead atoms. The molecule has 8 rings (SSSR count). The number of piperidine rings is 2. The summed E-state index contributed by atoms with van der Waals surface area (Å²) in [6.07, 6.45) is 9.17. The number of anilines is 5. The van der Waals surface area contributed by atoms with Crippen LogP contribution in [0.2, 0.25) is 0 Å². The number of ether oxygens (including phenoxy) is 1. The van der Waals surface area contributed by atoms with Gasteiger partial charge in [-0.2, -0.15) is 4.98 Å². The molecule has 332 valence electrons. The summed E-state index contributed by atoms with van der Waals surface area (Å²) in [4.78, 5) is 49.8. The summed E-state index contributed by atoms with van der Waals surface area (Å²) < 4.78 is 35.3. The van der Waals surface area contributed by atoms with Crippen LogP contribution >= 0.6 is 23.1 Å². The molecule has 2 aromatic heterocycles. The monoisotopic (exact) mass is 940 g/mol. The highest BCUT2D eigenvalue weighted by molar-refractivity contribution is 9.10. The van der Waals surface area contributed by atoms with Crippen molar-refractivity contribution in [2.24, 2.45) is 0 Å². The number of halogens is 2. The molecule has 0 spiro atoms. The molecule has 0 aliphatic carbocycles. The van der Waals surface area contributed by atoms with E-state index in [1.54, 1.807) is 51.2 Å². The normalized spacial score (nSPS) is 19.3. The predicted octanol–water partition coefficient (Wildman–Crippen LogP) is 7.37. The molecule has 17 heteroatoms. The standard InChI is InChI=1S/C46H55BrFN10O4P/c1-6-30-24-38(53-46-51-26-34(47)44(55-46)52-37-11-10-36-42(50-17-16-49-36)43(37)63(4,5)61)40(62-3)25-39(30)57-19-14-31(15-20-57)58-22-21-56(28(2)27-58)18-13-29-7-8-32(35(48)23-29)33-9-12-41(59)54-45(33)60/h7-8,10-11,16-17,23-26,28,31,33H,6,9,12-15,18-22,27H2,1-5H3,(H,54,59,60)(H2,51,52,53,55). The van der Waals surface area contributed by atoms with Crippen LogP contribution in [0.25, 0.3) is 11.0 Å². The van der Waals surface area contributed by atoms with Crippen molar-refractivity contribution in [2.75, 3.05) is 75.2 Å². The molecule has 2 amide bonds. The summed E-state index contributed by atoms with van der Waals surface area (Å²) in [5.74, 6) is -0.147. The van der Waals surface area contributed by atoms with Crippen LogP contribution in [-0.2, 0) is 27.0 Å². The zero-order chi connectivity index (χ0) is 44.4. The number of carbonyl (C=O) groups is 2. The second-order valence-corrected chi connectivity index (χ2v) is 21.1. The van der Waals surface area contributed by atoms with Crippen molar-refractivity contribution in [3.63, 3.8) is 0 Å². The molecule has 2 atom stereocenters. The molecule has 3 aliphatic rings. The topological polar surface area (TPSA) is 158 Å². The first-order valence-corrected chi connectivity index (χ1v) is 25.1. The first kappa shape index (κ1) is 44.6. The van der Waals surface area contributed by atoms with Crippen LogP contribution in [0, 0.1) is 5.82 Å². The second kappa shape index (κ2) is 19.0.